The Morgan fingerprint density at radius 2 is 2.00 bits per heavy atom. The van der Waals surface area contributed by atoms with Gasteiger partial charge in [0, 0.05) is 17.0 Å². The highest BCUT2D eigenvalue weighted by Gasteiger charge is 2.48. The number of ether oxygens (including phenoxy) is 1. The van der Waals surface area contributed by atoms with Gasteiger partial charge < -0.3 is 9.84 Å². The predicted octanol–water partition coefficient (Wildman–Crippen LogP) is 3.35. The van der Waals surface area contributed by atoms with Crippen molar-refractivity contribution in [2.24, 2.45) is 17.8 Å². The van der Waals surface area contributed by atoms with E-state index in [0.29, 0.717) is 12.5 Å². The van der Waals surface area contributed by atoms with E-state index >= 15 is 0 Å². The van der Waals surface area contributed by atoms with Crippen molar-refractivity contribution >= 4 is 11.6 Å². The molecule has 0 spiro atoms. The third-order valence-corrected chi connectivity index (χ3v) is 5.04. The van der Waals surface area contributed by atoms with Gasteiger partial charge in [-0.1, -0.05) is 11.6 Å². The Morgan fingerprint density at radius 1 is 1.22 bits per heavy atom. The van der Waals surface area contributed by atoms with Crippen molar-refractivity contribution in [1.29, 1.82) is 0 Å². The number of benzene rings is 1. The van der Waals surface area contributed by atoms with Crippen LogP contribution in [0.5, 0.6) is 5.75 Å². The summed E-state index contributed by atoms with van der Waals surface area (Å²) in [7, 11) is 0. The van der Waals surface area contributed by atoms with Gasteiger partial charge in [-0.2, -0.15) is 0 Å². The van der Waals surface area contributed by atoms with Gasteiger partial charge in [-0.25, -0.2) is 0 Å². The van der Waals surface area contributed by atoms with E-state index in [2.05, 4.69) is 0 Å². The predicted molar refractivity (Wildman–Crippen MR) is 69.9 cm³/mol. The largest absolute Gasteiger partial charge is 0.493 e. The molecule has 1 N–H and O–H groups in total. The van der Waals surface area contributed by atoms with Gasteiger partial charge >= 0.3 is 0 Å². The van der Waals surface area contributed by atoms with Crippen LogP contribution in [0.25, 0.3) is 0 Å². The lowest BCUT2D eigenvalue weighted by molar-refractivity contribution is 0.101. The third-order valence-electron chi connectivity index (χ3n) is 4.82. The quantitative estimate of drug-likeness (QED) is 0.888. The van der Waals surface area contributed by atoms with Crippen LogP contribution in [0.4, 0.5) is 0 Å². The first-order chi connectivity index (χ1) is 8.72. The molecule has 3 atom stereocenters. The summed E-state index contributed by atoms with van der Waals surface area (Å²) in [5.41, 5.74) is 2.07. The number of hydrogen-bond acceptors (Lipinski definition) is 2. The molecule has 3 unspecified atom stereocenters. The van der Waals surface area contributed by atoms with Gasteiger partial charge in [-0.05, 0) is 54.7 Å². The second kappa shape index (κ2) is 3.88. The van der Waals surface area contributed by atoms with E-state index in [-0.39, 0.29) is 0 Å². The lowest BCUT2D eigenvalue weighted by atomic mass is 9.90. The number of aliphatic hydroxyl groups excluding tert-OH is 1. The maximum atomic E-state index is 10.6. The van der Waals surface area contributed by atoms with Crippen molar-refractivity contribution in [2.45, 2.75) is 31.8 Å². The van der Waals surface area contributed by atoms with Crippen molar-refractivity contribution in [1.82, 2.24) is 0 Å². The van der Waals surface area contributed by atoms with Crippen molar-refractivity contribution in [3.05, 3.63) is 28.3 Å². The Kier molecular flexibility index (Phi) is 2.40. The lowest BCUT2D eigenvalue weighted by Gasteiger charge is -2.22. The molecule has 2 fully saturated rings. The maximum absolute atomic E-state index is 10.6. The van der Waals surface area contributed by atoms with Crippen molar-refractivity contribution in [3.63, 3.8) is 0 Å². The molecular formula is C15H17ClO2. The summed E-state index contributed by atoms with van der Waals surface area (Å²) in [6, 6.07) is 3.85. The minimum absolute atomic E-state index is 0.400. The minimum atomic E-state index is -0.400. The summed E-state index contributed by atoms with van der Waals surface area (Å²) in [5, 5.41) is 11.3. The number of hydrogen-bond donors (Lipinski definition) is 1. The summed E-state index contributed by atoms with van der Waals surface area (Å²) >= 11 is 6.15. The smallest absolute Gasteiger partial charge is 0.128 e. The van der Waals surface area contributed by atoms with Gasteiger partial charge in [0.1, 0.15) is 5.75 Å². The Morgan fingerprint density at radius 3 is 2.78 bits per heavy atom. The highest BCUT2D eigenvalue weighted by Crippen LogP contribution is 2.57. The van der Waals surface area contributed by atoms with E-state index in [4.69, 9.17) is 16.3 Å². The van der Waals surface area contributed by atoms with Crippen LogP contribution in [0.3, 0.4) is 0 Å². The first-order valence-electron chi connectivity index (χ1n) is 6.85. The Bertz CT molecular complexity index is 490. The molecule has 2 saturated carbocycles. The molecule has 0 saturated heterocycles. The van der Waals surface area contributed by atoms with Crippen molar-refractivity contribution < 1.29 is 9.84 Å². The molecule has 1 heterocycles. The molecule has 96 valence electrons. The fourth-order valence-corrected chi connectivity index (χ4v) is 4.04. The summed E-state index contributed by atoms with van der Waals surface area (Å²) in [5.74, 6) is 3.07. The lowest BCUT2D eigenvalue weighted by Crippen LogP contribution is -2.12. The van der Waals surface area contributed by atoms with E-state index in [1.165, 1.54) is 19.3 Å². The monoisotopic (exact) mass is 264 g/mol. The van der Waals surface area contributed by atoms with Gasteiger partial charge in [0.15, 0.2) is 0 Å². The molecule has 3 aliphatic rings. The second-order valence-electron chi connectivity index (χ2n) is 6.01. The first kappa shape index (κ1) is 11.1. The zero-order chi connectivity index (χ0) is 12.3. The third kappa shape index (κ3) is 1.66. The highest BCUT2D eigenvalue weighted by molar-refractivity contribution is 6.30. The molecule has 4 rings (SSSR count). The van der Waals surface area contributed by atoms with E-state index < -0.39 is 6.10 Å². The maximum Gasteiger partial charge on any atom is 0.128 e. The van der Waals surface area contributed by atoms with Gasteiger partial charge in [0.05, 0.1) is 12.7 Å². The highest BCUT2D eigenvalue weighted by atomic mass is 35.5. The van der Waals surface area contributed by atoms with Crippen LogP contribution in [-0.4, -0.2) is 11.7 Å². The standard InChI is InChI=1S/C15H17ClO2/c16-12-6-8-1-2-18-15(8)13(7-12)14(17)11-4-9-3-10(9)5-11/h6-7,9-11,14,17H,1-5H2. The number of halogens is 1. The van der Waals surface area contributed by atoms with Crippen LogP contribution in [0.15, 0.2) is 12.1 Å². The summed E-state index contributed by atoms with van der Waals surface area (Å²) in [4.78, 5) is 0. The topological polar surface area (TPSA) is 29.5 Å². The zero-order valence-corrected chi connectivity index (χ0v) is 11.0. The van der Waals surface area contributed by atoms with Crippen LogP contribution in [-0.2, 0) is 6.42 Å². The van der Waals surface area contributed by atoms with E-state index in [9.17, 15) is 5.11 Å². The van der Waals surface area contributed by atoms with E-state index in [1.807, 2.05) is 12.1 Å². The molecule has 0 bridgehead atoms. The Labute approximate surface area is 112 Å². The Balaban J connectivity index is 1.67. The summed E-state index contributed by atoms with van der Waals surface area (Å²) < 4.78 is 5.68. The summed E-state index contributed by atoms with van der Waals surface area (Å²) in [6.07, 6.45) is 4.24. The SMILES string of the molecule is OC(c1cc(Cl)cc2c1OCC2)C1CC2CC2C1. The molecule has 2 nitrogen and oxygen atoms in total. The number of aliphatic hydroxyl groups is 1. The number of rotatable bonds is 2. The molecule has 18 heavy (non-hydrogen) atoms. The molecular weight excluding hydrogens is 248 g/mol. The van der Waals surface area contributed by atoms with Crippen LogP contribution in [0, 0.1) is 17.8 Å². The number of fused-ring (bicyclic) bond motifs is 2. The van der Waals surface area contributed by atoms with Crippen LogP contribution in [0.2, 0.25) is 5.02 Å². The fourth-order valence-electron chi connectivity index (χ4n) is 3.79. The molecule has 1 aromatic carbocycles. The van der Waals surface area contributed by atoms with Crippen LogP contribution in [0.1, 0.15) is 36.5 Å². The molecule has 3 heteroatoms. The van der Waals surface area contributed by atoms with Crippen molar-refractivity contribution in [2.75, 3.05) is 6.61 Å². The minimum Gasteiger partial charge on any atom is -0.493 e. The average molecular weight is 265 g/mol. The molecule has 2 aliphatic carbocycles. The average Bonchev–Trinajstić information content (AvgIpc) is 2.80. The zero-order valence-electron chi connectivity index (χ0n) is 10.2. The van der Waals surface area contributed by atoms with Crippen molar-refractivity contribution in [3.8, 4) is 5.75 Å². The van der Waals surface area contributed by atoms with Gasteiger partial charge in [-0.3, -0.25) is 0 Å². The van der Waals surface area contributed by atoms with Crippen LogP contribution >= 0.6 is 11.6 Å². The molecule has 0 radical (unpaired) electrons. The van der Waals surface area contributed by atoms with E-state index in [1.54, 1.807) is 0 Å². The normalized spacial score (nSPS) is 33.8. The molecule has 1 aromatic rings. The van der Waals surface area contributed by atoms with Gasteiger partial charge in [0.25, 0.3) is 0 Å². The first-order valence-corrected chi connectivity index (χ1v) is 7.23. The summed E-state index contributed by atoms with van der Waals surface area (Å²) in [6.45, 7) is 0.714. The fraction of sp³-hybridized carbons (Fsp3) is 0.600. The molecule has 0 aromatic heterocycles. The molecule has 1 aliphatic heterocycles. The second-order valence-corrected chi connectivity index (χ2v) is 6.45. The molecule has 0 amide bonds. The van der Waals surface area contributed by atoms with Gasteiger partial charge in [-0.15, -0.1) is 0 Å². The van der Waals surface area contributed by atoms with Gasteiger partial charge in [0.2, 0.25) is 0 Å². The Hall–Kier alpha value is -0.730. The van der Waals surface area contributed by atoms with Crippen LogP contribution < -0.4 is 4.74 Å². The van der Waals surface area contributed by atoms with E-state index in [0.717, 1.165) is 40.2 Å².